The van der Waals surface area contributed by atoms with Crippen molar-refractivity contribution in [3.05, 3.63) is 35.4 Å². The zero-order valence-corrected chi connectivity index (χ0v) is 17.2. The molecule has 1 saturated heterocycles. The minimum atomic E-state index is -0.433. The minimum Gasteiger partial charge on any atom is -0.466 e. The summed E-state index contributed by atoms with van der Waals surface area (Å²) >= 11 is 0. The van der Waals surface area contributed by atoms with E-state index in [1.807, 2.05) is 19.1 Å². The van der Waals surface area contributed by atoms with Crippen LogP contribution in [-0.2, 0) is 14.4 Å². The minimum absolute atomic E-state index is 0.0472. The Labute approximate surface area is 168 Å². The van der Waals surface area contributed by atoms with Gasteiger partial charge in [0.05, 0.1) is 17.7 Å². The summed E-state index contributed by atoms with van der Waals surface area (Å²) in [5.41, 5.74) is 2.92. The molecule has 0 unspecified atom stereocenters. The molecule has 2 fully saturated rings. The molecule has 0 N–H and O–H groups in total. The monoisotopic (exact) mass is 384 g/mol. The fourth-order valence-corrected chi connectivity index (χ4v) is 4.63. The zero-order valence-electron chi connectivity index (χ0n) is 17.2. The Morgan fingerprint density at radius 1 is 1.29 bits per heavy atom. The van der Waals surface area contributed by atoms with Crippen LogP contribution in [0, 0.1) is 18.3 Å². The van der Waals surface area contributed by atoms with Crippen molar-refractivity contribution in [1.82, 2.24) is 4.90 Å². The van der Waals surface area contributed by atoms with Crippen molar-refractivity contribution in [3.8, 4) is 0 Å². The number of hydrogen-bond donors (Lipinski definition) is 0. The molecule has 0 amide bonds. The summed E-state index contributed by atoms with van der Waals surface area (Å²) in [6, 6.07) is 8.27. The molecule has 2 aliphatic heterocycles. The number of hydrogen-bond acceptors (Lipinski definition) is 5. The van der Waals surface area contributed by atoms with Crippen molar-refractivity contribution >= 4 is 11.7 Å². The molecule has 3 aliphatic rings. The van der Waals surface area contributed by atoms with E-state index in [4.69, 9.17) is 9.57 Å². The highest BCUT2D eigenvalue weighted by molar-refractivity contribution is 6.02. The Balaban J connectivity index is 1.41. The van der Waals surface area contributed by atoms with Crippen LogP contribution in [0.5, 0.6) is 0 Å². The van der Waals surface area contributed by atoms with Gasteiger partial charge in [0.2, 0.25) is 0 Å². The fourth-order valence-electron chi connectivity index (χ4n) is 4.63. The summed E-state index contributed by atoms with van der Waals surface area (Å²) in [5.74, 6) is 0.840. The average molecular weight is 385 g/mol. The Morgan fingerprint density at radius 2 is 2.04 bits per heavy atom. The van der Waals surface area contributed by atoms with Crippen molar-refractivity contribution in [2.24, 2.45) is 16.5 Å². The van der Waals surface area contributed by atoms with Gasteiger partial charge < -0.3 is 14.5 Å². The van der Waals surface area contributed by atoms with Crippen molar-refractivity contribution in [3.63, 3.8) is 0 Å². The molecule has 0 aromatic heterocycles. The molecule has 4 rings (SSSR count). The van der Waals surface area contributed by atoms with E-state index in [1.54, 1.807) is 0 Å². The second-order valence-electron chi connectivity index (χ2n) is 8.73. The number of oxime groups is 1. The van der Waals surface area contributed by atoms with E-state index in [0.717, 1.165) is 49.5 Å². The number of likely N-dealkylation sites (tertiary alicyclic amines) is 1. The van der Waals surface area contributed by atoms with Gasteiger partial charge in [0.25, 0.3) is 0 Å². The summed E-state index contributed by atoms with van der Waals surface area (Å²) in [4.78, 5) is 21.2. The van der Waals surface area contributed by atoms with Crippen molar-refractivity contribution < 1.29 is 14.4 Å². The van der Waals surface area contributed by atoms with Crippen LogP contribution in [0.2, 0.25) is 0 Å². The van der Waals surface area contributed by atoms with E-state index in [1.165, 1.54) is 24.9 Å². The normalized spacial score (nSPS) is 24.5. The largest absolute Gasteiger partial charge is 0.466 e. The predicted molar refractivity (Wildman–Crippen MR) is 109 cm³/mol. The highest BCUT2D eigenvalue weighted by Gasteiger charge is 2.46. The lowest BCUT2D eigenvalue weighted by molar-refractivity contribution is -0.161. The first-order valence-electron chi connectivity index (χ1n) is 10.8. The smallest absolute Gasteiger partial charge is 0.312 e. The maximum atomic E-state index is 12.9. The third kappa shape index (κ3) is 4.24. The Hall–Kier alpha value is -1.88. The molecule has 1 aliphatic carbocycles. The van der Waals surface area contributed by atoms with E-state index in [9.17, 15) is 4.79 Å². The van der Waals surface area contributed by atoms with Crippen LogP contribution in [0.3, 0.4) is 0 Å². The summed E-state index contributed by atoms with van der Waals surface area (Å²) in [6.45, 7) is 7.57. The van der Waals surface area contributed by atoms with Crippen molar-refractivity contribution in [1.29, 1.82) is 0 Å². The Kier molecular flexibility index (Phi) is 5.72. The van der Waals surface area contributed by atoms with Crippen molar-refractivity contribution in [2.45, 2.75) is 58.5 Å². The molecule has 28 heavy (non-hydrogen) atoms. The third-order valence-electron chi connectivity index (χ3n) is 6.54. The molecule has 0 radical (unpaired) electrons. The quantitative estimate of drug-likeness (QED) is 0.669. The molecular weight excluding hydrogens is 352 g/mol. The standard InChI is InChI=1S/C23H32N2O3/c1-3-27-22(26)23(10-12-25(13-11-23)16-18-8-9-18)15-19-14-21(24-28-19)20-7-5-4-6-17(20)2/h4-7,18-19H,3,8-16H2,1-2H3/t19-/m0/s1. The maximum Gasteiger partial charge on any atom is 0.312 e. The van der Waals surface area contributed by atoms with Crippen LogP contribution in [-0.4, -0.2) is 48.9 Å². The lowest BCUT2D eigenvalue weighted by atomic mass is 9.73. The molecule has 1 atom stereocenters. The van der Waals surface area contributed by atoms with Crippen LogP contribution in [0.15, 0.2) is 29.4 Å². The molecule has 152 valence electrons. The lowest BCUT2D eigenvalue weighted by Gasteiger charge is -2.40. The number of aryl methyl sites for hydroxylation is 1. The first-order chi connectivity index (χ1) is 13.6. The van der Waals surface area contributed by atoms with Gasteiger partial charge in [-0.05, 0) is 64.1 Å². The lowest BCUT2D eigenvalue weighted by Crippen LogP contribution is -2.47. The fraction of sp³-hybridized carbons (Fsp3) is 0.652. The SMILES string of the molecule is CCOC(=O)C1(C[C@@H]2CC(c3ccccc3C)=NO2)CCN(CC2CC2)CC1. The number of benzene rings is 1. The van der Waals surface area contributed by atoms with Crippen LogP contribution in [0.1, 0.15) is 56.6 Å². The topological polar surface area (TPSA) is 51.1 Å². The number of piperidine rings is 1. The van der Waals surface area contributed by atoms with E-state index < -0.39 is 5.41 Å². The summed E-state index contributed by atoms with van der Waals surface area (Å²) in [7, 11) is 0. The number of carbonyl (C=O) groups excluding carboxylic acids is 1. The zero-order chi connectivity index (χ0) is 19.6. The molecule has 1 saturated carbocycles. The number of nitrogens with zero attached hydrogens (tertiary/aromatic N) is 2. The van der Waals surface area contributed by atoms with E-state index in [-0.39, 0.29) is 12.1 Å². The Bertz CT molecular complexity index is 733. The highest BCUT2D eigenvalue weighted by Crippen LogP contribution is 2.41. The van der Waals surface area contributed by atoms with E-state index >= 15 is 0 Å². The molecule has 0 spiro atoms. The molecule has 1 aromatic rings. The Morgan fingerprint density at radius 3 is 2.71 bits per heavy atom. The number of ether oxygens (including phenoxy) is 1. The number of rotatable bonds is 7. The maximum absolute atomic E-state index is 12.9. The van der Waals surface area contributed by atoms with Gasteiger partial charge >= 0.3 is 5.97 Å². The summed E-state index contributed by atoms with van der Waals surface area (Å²) < 4.78 is 5.50. The molecule has 2 heterocycles. The molecular formula is C23H32N2O3. The van der Waals surface area contributed by atoms with E-state index in [2.05, 4.69) is 29.1 Å². The van der Waals surface area contributed by atoms with Gasteiger partial charge in [-0.1, -0.05) is 29.4 Å². The second kappa shape index (κ2) is 8.24. The second-order valence-corrected chi connectivity index (χ2v) is 8.73. The molecule has 0 bridgehead atoms. The number of carbonyl (C=O) groups is 1. The first-order valence-corrected chi connectivity index (χ1v) is 10.8. The van der Waals surface area contributed by atoms with Crippen LogP contribution >= 0.6 is 0 Å². The van der Waals surface area contributed by atoms with E-state index in [0.29, 0.717) is 13.0 Å². The first kappa shape index (κ1) is 19.4. The van der Waals surface area contributed by atoms with Gasteiger partial charge in [0.15, 0.2) is 0 Å². The molecule has 5 heteroatoms. The van der Waals surface area contributed by atoms with Gasteiger partial charge in [-0.15, -0.1) is 0 Å². The summed E-state index contributed by atoms with van der Waals surface area (Å²) in [5, 5.41) is 4.37. The molecule has 5 nitrogen and oxygen atoms in total. The van der Waals surface area contributed by atoms with Gasteiger partial charge in [0.1, 0.15) is 6.10 Å². The number of esters is 1. The van der Waals surface area contributed by atoms with Crippen LogP contribution in [0.25, 0.3) is 0 Å². The van der Waals surface area contributed by atoms with Gasteiger partial charge in [0, 0.05) is 24.9 Å². The van der Waals surface area contributed by atoms with Gasteiger partial charge in [-0.3, -0.25) is 4.79 Å². The highest BCUT2D eigenvalue weighted by atomic mass is 16.6. The van der Waals surface area contributed by atoms with Gasteiger partial charge in [-0.25, -0.2) is 0 Å². The van der Waals surface area contributed by atoms with Gasteiger partial charge in [-0.2, -0.15) is 0 Å². The average Bonchev–Trinajstić information content (AvgIpc) is 3.40. The summed E-state index contributed by atoms with van der Waals surface area (Å²) in [6.07, 6.45) is 5.87. The third-order valence-corrected chi connectivity index (χ3v) is 6.54. The van der Waals surface area contributed by atoms with Crippen molar-refractivity contribution in [2.75, 3.05) is 26.2 Å². The van der Waals surface area contributed by atoms with Crippen LogP contribution in [0.4, 0.5) is 0 Å². The van der Waals surface area contributed by atoms with Crippen LogP contribution < -0.4 is 0 Å². The predicted octanol–water partition coefficient (Wildman–Crippen LogP) is 3.93. The molecule has 1 aromatic carbocycles.